The van der Waals surface area contributed by atoms with Crippen LogP contribution in [-0.2, 0) is 6.54 Å². The van der Waals surface area contributed by atoms with Gasteiger partial charge in [0.05, 0.1) is 11.4 Å². The number of hydrogen-bond acceptors (Lipinski definition) is 4. The number of aromatic nitrogens is 1. The zero-order valence-corrected chi connectivity index (χ0v) is 17.8. The summed E-state index contributed by atoms with van der Waals surface area (Å²) in [4.78, 5) is 30.8. The lowest BCUT2D eigenvalue weighted by molar-refractivity contribution is 0.102. The van der Waals surface area contributed by atoms with Crippen LogP contribution in [0.1, 0.15) is 36.7 Å². The van der Waals surface area contributed by atoms with Crippen LogP contribution >= 0.6 is 0 Å². The van der Waals surface area contributed by atoms with Gasteiger partial charge in [-0.15, -0.1) is 0 Å². The van der Waals surface area contributed by atoms with Crippen molar-refractivity contribution in [1.29, 1.82) is 0 Å². The molecule has 3 aromatic rings. The van der Waals surface area contributed by atoms with Crippen LogP contribution in [0, 0.1) is 0 Å². The Morgan fingerprint density at radius 3 is 2.19 bits per heavy atom. The van der Waals surface area contributed by atoms with E-state index < -0.39 is 11.6 Å². The topological polar surface area (TPSA) is 109 Å². The van der Waals surface area contributed by atoms with E-state index in [1.165, 1.54) is 4.90 Å². The van der Waals surface area contributed by atoms with Gasteiger partial charge in [-0.25, -0.2) is 9.78 Å². The van der Waals surface area contributed by atoms with Crippen LogP contribution in [0.25, 0.3) is 11.3 Å². The Kier molecular flexibility index (Phi) is 6.36. The third kappa shape index (κ3) is 5.07. The first kappa shape index (κ1) is 22.0. The fraction of sp³-hybridized carbons (Fsp3) is 0.208. The summed E-state index contributed by atoms with van der Waals surface area (Å²) in [6.07, 6.45) is -1.13. The van der Waals surface area contributed by atoms with Crippen molar-refractivity contribution in [2.24, 2.45) is 5.73 Å². The molecule has 0 saturated heterocycles. The van der Waals surface area contributed by atoms with Crippen molar-refractivity contribution < 1.29 is 14.7 Å². The third-order valence-corrected chi connectivity index (χ3v) is 4.73. The molecule has 0 aliphatic heterocycles. The molecule has 0 bridgehead atoms. The number of nitrogens with one attached hydrogen (secondary N) is 1. The van der Waals surface area contributed by atoms with Gasteiger partial charge in [-0.3, -0.25) is 9.69 Å². The molecule has 2 aromatic carbocycles. The molecule has 1 heterocycles. The van der Waals surface area contributed by atoms with Crippen LogP contribution in [0.15, 0.2) is 66.7 Å². The molecule has 0 aliphatic carbocycles. The summed E-state index contributed by atoms with van der Waals surface area (Å²) in [7, 11) is 0. The first-order valence-electron chi connectivity index (χ1n) is 9.90. The Hall–Kier alpha value is -3.71. The number of carbonyl (C=O) groups is 2. The number of amides is 2. The van der Waals surface area contributed by atoms with Gasteiger partial charge in [0.15, 0.2) is 5.82 Å². The molecule has 0 fully saturated rings. The molecule has 31 heavy (non-hydrogen) atoms. The van der Waals surface area contributed by atoms with Crippen molar-refractivity contribution in [2.45, 2.75) is 32.9 Å². The number of pyridine rings is 1. The van der Waals surface area contributed by atoms with Crippen LogP contribution in [-0.4, -0.2) is 27.6 Å². The monoisotopic (exact) mass is 418 g/mol. The third-order valence-electron chi connectivity index (χ3n) is 4.73. The molecule has 0 aliphatic rings. The van der Waals surface area contributed by atoms with Gasteiger partial charge in [-0.1, -0.05) is 42.5 Å². The van der Waals surface area contributed by atoms with E-state index in [2.05, 4.69) is 10.3 Å². The molecule has 3 rings (SSSR count). The Bertz CT molecular complexity index is 1070. The van der Waals surface area contributed by atoms with Crippen molar-refractivity contribution in [3.05, 3.63) is 77.9 Å². The fourth-order valence-electron chi connectivity index (χ4n) is 3.22. The van der Waals surface area contributed by atoms with Gasteiger partial charge >= 0.3 is 6.09 Å². The molecule has 0 atom stereocenters. The summed E-state index contributed by atoms with van der Waals surface area (Å²) in [6, 6.07) is 19.8. The molecule has 4 N–H and O–H groups in total. The van der Waals surface area contributed by atoms with Crippen LogP contribution in [0.5, 0.6) is 0 Å². The molecular weight excluding hydrogens is 392 g/mol. The highest BCUT2D eigenvalue weighted by atomic mass is 16.4. The highest BCUT2D eigenvalue weighted by molar-refractivity contribution is 6.06. The largest absolute Gasteiger partial charge is 0.465 e. The van der Waals surface area contributed by atoms with Gasteiger partial charge < -0.3 is 16.2 Å². The molecular formula is C24H26N4O3. The van der Waals surface area contributed by atoms with Crippen molar-refractivity contribution in [3.8, 4) is 11.3 Å². The number of carboxylic acid groups (broad SMARTS) is 1. The maximum atomic E-state index is 12.9. The fourth-order valence-corrected chi connectivity index (χ4v) is 3.22. The van der Waals surface area contributed by atoms with Gasteiger partial charge in [0.25, 0.3) is 5.91 Å². The molecule has 0 radical (unpaired) electrons. The smallest absolute Gasteiger partial charge is 0.412 e. The van der Waals surface area contributed by atoms with Crippen LogP contribution in [0.2, 0.25) is 0 Å². The molecule has 7 heteroatoms. The maximum absolute atomic E-state index is 12.9. The lowest BCUT2D eigenvalue weighted by Gasteiger charge is -2.34. The van der Waals surface area contributed by atoms with E-state index in [1.54, 1.807) is 57.2 Å². The first-order valence-corrected chi connectivity index (χ1v) is 9.90. The lowest BCUT2D eigenvalue weighted by atomic mass is 10.0. The summed E-state index contributed by atoms with van der Waals surface area (Å²) in [5, 5.41) is 12.7. The zero-order valence-electron chi connectivity index (χ0n) is 17.8. The number of benzene rings is 2. The number of anilines is 2. The second kappa shape index (κ2) is 8.97. The quantitative estimate of drug-likeness (QED) is 0.554. The molecule has 0 spiro atoms. The normalized spacial score (nSPS) is 11.1. The van der Waals surface area contributed by atoms with Crippen molar-refractivity contribution in [2.75, 3.05) is 10.2 Å². The highest BCUT2D eigenvalue weighted by Gasteiger charge is 2.31. The van der Waals surface area contributed by atoms with Gasteiger partial charge in [0.1, 0.15) is 0 Å². The molecule has 7 nitrogen and oxygen atoms in total. The summed E-state index contributed by atoms with van der Waals surface area (Å²) in [5.41, 5.74) is 7.98. The molecule has 160 valence electrons. The van der Waals surface area contributed by atoms with Crippen molar-refractivity contribution in [3.63, 3.8) is 0 Å². The second-order valence-corrected chi connectivity index (χ2v) is 8.07. The van der Waals surface area contributed by atoms with Crippen molar-refractivity contribution in [1.82, 2.24) is 4.98 Å². The average Bonchev–Trinajstić information content (AvgIpc) is 2.74. The summed E-state index contributed by atoms with van der Waals surface area (Å²) in [6.45, 7) is 5.72. The molecule has 0 unspecified atom stereocenters. The average molecular weight is 418 g/mol. The van der Waals surface area contributed by atoms with E-state index >= 15 is 0 Å². The lowest BCUT2D eigenvalue weighted by Crippen LogP contribution is -2.45. The number of nitrogens with two attached hydrogens (primary N) is 1. The van der Waals surface area contributed by atoms with E-state index in [4.69, 9.17) is 5.73 Å². The molecule has 0 saturated carbocycles. The van der Waals surface area contributed by atoms with E-state index in [-0.39, 0.29) is 11.7 Å². The predicted octanol–water partition coefficient (Wildman–Crippen LogP) is 4.74. The van der Waals surface area contributed by atoms with E-state index in [0.717, 1.165) is 11.1 Å². The van der Waals surface area contributed by atoms with Crippen LogP contribution < -0.4 is 16.0 Å². The standard InChI is InChI=1S/C24H26N4O3/c1-24(2,3)28(23(30)31)20-14-13-19(17-7-5-4-6-8-17)26-21(20)27-22(29)18-11-9-16(15-25)10-12-18/h4-14H,15,25H2,1-3H3,(H,30,31)(H,26,27,29). The van der Waals surface area contributed by atoms with Crippen molar-refractivity contribution >= 4 is 23.5 Å². The van der Waals surface area contributed by atoms with E-state index in [9.17, 15) is 14.7 Å². The van der Waals surface area contributed by atoms with Gasteiger partial charge in [0, 0.05) is 23.2 Å². The molecule has 1 aromatic heterocycles. The second-order valence-electron chi connectivity index (χ2n) is 8.07. The van der Waals surface area contributed by atoms with Gasteiger partial charge in [-0.2, -0.15) is 0 Å². The highest BCUT2D eigenvalue weighted by Crippen LogP contribution is 2.33. The zero-order chi connectivity index (χ0) is 22.6. The number of carbonyl (C=O) groups excluding carboxylic acids is 1. The van der Waals surface area contributed by atoms with Crippen LogP contribution in [0.3, 0.4) is 0 Å². The maximum Gasteiger partial charge on any atom is 0.412 e. The predicted molar refractivity (Wildman–Crippen MR) is 122 cm³/mol. The van der Waals surface area contributed by atoms with Gasteiger partial charge in [-0.05, 0) is 50.6 Å². The Morgan fingerprint density at radius 2 is 1.65 bits per heavy atom. The minimum atomic E-state index is -1.13. The summed E-state index contributed by atoms with van der Waals surface area (Å²) in [5.74, 6) is -0.214. The Labute approximate surface area is 181 Å². The SMILES string of the molecule is CC(C)(C)N(C(=O)O)c1ccc(-c2ccccc2)nc1NC(=O)c1ccc(CN)cc1. The summed E-state index contributed by atoms with van der Waals surface area (Å²) >= 11 is 0. The number of nitrogens with zero attached hydrogens (tertiary/aromatic N) is 2. The van der Waals surface area contributed by atoms with E-state index in [1.807, 2.05) is 30.3 Å². The van der Waals surface area contributed by atoms with Gasteiger partial charge in [0.2, 0.25) is 0 Å². The first-order chi connectivity index (χ1) is 14.7. The Morgan fingerprint density at radius 1 is 1.00 bits per heavy atom. The minimum absolute atomic E-state index is 0.173. The summed E-state index contributed by atoms with van der Waals surface area (Å²) < 4.78 is 0. The molecule has 2 amide bonds. The minimum Gasteiger partial charge on any atom is -0.465 e. The van der Waals surface area contributed by atoms with Crippen LogP contribution in [0.4, 0.5) is 16.3 Å². The Balaban J connectivity index is 2.06. The van der Waals surface area contributed by atoms with E-state index in [0.29, 0.717) is 23.5 Å². The number of hydrogen-bond donors (Lipinski definition) is 3. The number of rotatable bonds is 5.